The third-order valence-electron chi connectivity index (χ3n) is 2.52. The summed E-state index contributed by atoms with van der Waals surface area (Å²) < 4.78 is 1.76. The van der Waals surface area contributed by atoms with Crippen molar-refractivity contribution in [2.45, 2.75) is 20.8 Å². The van der Waals surface area contributed by atoms with Crippen molar-refractivity contribution in [3.05, 3.63) is 28.8 Å². The van der Waals surface area contributed by atoms with E-state index in [1.807, 2.05) is 26.8 Å². The molecule has 0 N–H and O–H groups in total. The lowest BCUT2D eigenvalue weighted by atomic mass is 10.2. The summed E-state index contributed by atoms with van der Waals surface area (Å²) in [5, 5.41) is 5.26. The molecule has 0 atom stereocenters. The van der Waals surface area contributed by atoms with E-state index < -0.39 is 0 Å². The summed E-state index contributed by atoms with van der Waals surface area (Å²) in [4.78, 5) is 14.0. The van der Waals surface area contributed by atoms with E-state index in [9.17, 15) is 0 Å². The SMILES string of the molecule is Cc1cc(-c2sc(C)nc2C)n2ncnc2n1. The van der Waals surface area contributed by atoms with E-state index in [-0.39, 0.29) is 0 Å². The first kappa shape index (κ1) is 10.3. The van der Waals surface area contributed by atoms with Gasteiger partial charge in [0.2, 0.25) is 0 Å². The normalized spacial score (nSPS) is 11.2. The first-order chi connectivity index (χ1) is 8.15. The van der Waals surface area contributed by atoms with Gasteiger partial charge in [0.15, 0.2) is 0 Å². The van der Waals surface area contributed by atoms with Gasteiger partial charge >= 0.3 is 0 Å². The number of hydrogen-bond donors (Lipinski definition) is 0. The smallest absolute Gasteiger partial charge is 0.246 e. The van der Waals surface area contributed by atoms with Gasteiger partial charge in [-0.25, -0.2) is 9.97 Å². The summed E-state index contributed by atoms with van der Waals surface area (Å²) in [5.74, 6) is 0.630. The lowest BCUT2D eigenvalue weighted by Crippen LogP contribution is -1.98. The molecule has 0 saturated carbocycles. The number of hydrogen-bond acceptors (Lipinski definition) is 5. The highest BCUT2D eigenvalue weighted by Crippen LogP contribution is 2.29. The summed E-state index contributed by atoms with van der Waals surface area (Å²) in [7, 11) is 0. The third kappa shape index (κ3) is 1.61. The highest BCUT2D eigenvalue weighted by molar-refractivity contribution is 7.15. The zero-order chi connectivity index (χ0) is 12.0. The number of aryl methyl sites for hydroxylation is 3. The number of fused-ring (bicyclic) bond motifs is 1. The fourth-order valence-corrected chi connectivity index (χ4v) is 2.78. The van der Waals surface area contributed by atoms with Crippen LogP contribution in [0.5, 0.6) is 0 Å². The minimum absolute atomic E-state index is 0.630. The molecule has 17 heavy (non-hydrogen) atoms. The second-order valence-electron chi connectivity index (χ2n) is 3.90. The average molecular weight is 245 g/mol. The number of rotatable bonds is 1. The molecule has 0 aliphatic carbocycles. The number of aromatic nitrogens is 5. The van der Waals surface area contributed by atoms with E-state index in [0.29, 0.717) is 5.78 Å². The Bertz CT molecular complexity index is 697. The van der Waals surface area contributed by atoms with Gasteiger partial charge in [-0.1, -0.05) is 0 Å². The lowest BCUT2D eigenvalue weighted by Gasteiger charge is -2.03. The fourth-order valence-electron chi connectivity index (χ4n) is 1.86. The predicted molar refractivity (Wildman–Crippen MR) is 66.1 cm³/mol. The molecule has 0 aliphatic heterocycles. The quantitative estimate of drug-likeness (QED) is 0.659. The summed E-state index contributed by atoms with van der Waals surface area (Å²) in [5.41, 5.74) is 2.97. The second kappa shape index (κ2) is 3.59. The molecule has 0 fully saturated rings. The molecule has 3 heterocycles. The van der Waals surface area contributed by atoms with Gasteiger partial charge in [0.1, 0.15) is 6.33 Å². The predicted octanol–water partition coefficient (Wildman–Crippen LogP) is 2.17. The van der Waals surface area contributed by atoms with Crippen molar-refractivity contribution < 1.29 is 0 Å². The van der Waals surface area contributed by atoms with Crippen LogP contribution >= 0.6 is 11.3 Å². The van der Waals surface area contributed by atoms with Crippen LogP contribution in [0.4, 0.5) is 0 Å². The molecule has 86 valence electrons. The van der Waals surface area contributed by atoms with Gasteiger partial charge in [-0.05, 0) is 26.8 Å². The molecule has 5 nitrogen and oxygen atoms in total. The molecule has 6 heteroatoms. The van der Waals surface area contributed by atoms with Crippen LogP contribution < -0.4 is 0 Å². The molecule has 0 saturated heterocycles. The zero-order valence-corrected chi connectivity index (χ0v) is 10.6. The lowest BCUT2D eigenvalue weighted by molar-refractivity contribution is 0.938. The van der Waals surface area contributed by atoms with Crippen LogP contribution in [0.1, 0.15) is 16.4 Å². The van der Waals surface area contributed by atoms with E-state index >= 15 is 0 Å². The minimum Gasteiger partial charge on any atom is -0.246 e. The fraction of sp³-hybridized carbons (Fsp3) is 0.273. The van der Waals surface area contributed by atoms with Gasteiger partial charge in [-0.2, -0.15) is 14.6 Å². The Kier molecular flexibility index (Phi) is 2.19. The topological polar surface area (TPSA) is 56.0 Å². The Morgan fingerprint density at radius 2 is 2.00 bits per heavy atom. The third-order valence-corrected chi connectivity index (χ3v) is 3.61. The highest BCUT2D eigenvalue weighted by Gasteiger charge is 2.13. The van der Waals surface area contributed by atoms with Crippen LogP contribution in [-0.4, -0.2) is 24.6 Å². The van der Waals surface area contributed by atoms with Crippen molar-refractivity contribution in [1.29, 1.82) is 0 Å². The number of thiazole rings is 1. The maximum absolute atomic E-state index is 4.44. The van der Waals surface area contributed by atoms with Gasteiger partial charge in [-0.3, -0.25) is 0 Å². The summed E-state index contributed by atoms with van der Waals surface area (Å²) in [6.45, 7) is 5.98. The molecule has 3 rings (SSSR count). The van der Waals surface area contributed by atoms with Crippen LogP contribution in [0, 0.1) is 20.8 Å². The Balaban J connectivity index is 2.36. The largest absolute Gasteiger partial charge is 0.252 e. The Hall–Kier alpha value is -1.82. The van der Waals surface area contributed by atoms with Gasteiger partial charge < -0.3 is 0 Å². The second-order valence-corrected chi connectivity index (χ2v) is 5.11. The van der Waals surface area contributed by atoms with Gasteiger partial charge in [0.25, 0.3) is 5.78 Å². The monoisotopic (exact) mass is 245 g/mol. The molecule has 0 amide bonds. The summed E-state index contributed by atoms with van der Waals surface area (Å²) >= 11 is 1.67. The van der Waals surface area contributed by atoms with Crippen molar-refractivity contribution in [1.82, 2.24) is 24.6 Å². The van der Waals surface area contributed by atoms with Crippen LogP contribution in [0.25, 0.3) is 16.3 Å². The molecule has 3 aromatic heterocycles. The highest BCUT2D eigenvalue weighted by atomic mass is 32.1. The average Bonchev–Trinajstić information content (AvgIpc) is 2.83. The molecular formula is C11H11N5S. The molecule has 0 aliphatic rings. The summed E-state index contributed by atoms with van der Waals surface area (Å²) in [6, 6.07) is 2.02. The van der Waals surface area contributed by atoms with E-state index in [4.69, 9.17) is 0 Å². The van der Waals surface area contributed by atoms with Crippen molar-refractivity contribution in [3.63, 3.8) is 0 Å². The first-order valence-corrected chi connectivity index (χ1v) is 6.08. The molecule has 0 unspecified atom stereocenters. The van der Waals surface area contributed by atoms with Crippen molar-refractivity contribution in [2.24, 2.45) is 0 Å². The maximum Gasteiger partial charge on any atom is 0.252 e. The van der Waals surface area contributed by atoms with Crippen LogP contribution in [-0.2, 0) is 0 Å². The van der Waals surface area contributed by atoms with Gasteiger partial charge in [0.05, 0.1) is 21.3 Å². The van der Waals surface area contributed by atoms with Crippen LogP contribution in [0.3, 0.4) is 0 Å². The zero-order valence-electron chi connectivity index (χ0n) is 9.80. The molecule has 0 spiro atoms. The molecule has 0 radical (unpaired) electrons. The van der Waals surface area contributed by atoms with Crippen molar-refractivity contribution in [2.75, 3.05) is 0 Å². The summed E-state index contributed by atoms with van der Waals surface area (Å²) in [6.07, 6.45) is 1.52. The van der Waals surface area contributed by atoms with E-state index in [2.05, 4.69) is 20.1 Å². The minimum atomic E-state index is 0.630. The van der Waals surface area contributed by atoms with Crippen LogP contribution in [0.15, 0.2) is 12.4 Å². The van der Waals surface area contributed by atoms with Crippen molar-refractivity contribution >= 4 is 17.1 Å². The number of nitrogens with zero attached hydrogens (tertiary/aromatic N) is 5. The maximum atomic E-state index is 4.44. The van der Waals surface area contributed by atoms with Gasteiger partial charge in [-0.15, -0.1) is 11.3 Å². The van der Waals surface area contributed by atoms with Gasteiger partial charge in [0, 0.05) is 5.69 Å². The Labute approximate surface area is 102 Å². The van der Waals surface area contributed by atoms with E-state index in [1.54, 1.807) is 15.9 Å². The molecule has 3 aromatic rings. The molecular weight excluding hydrogens is 234 g/mol. The van der Waals surface area contributed by atoms with Crippen LogP contribution in [0.2, 0.25) is 0 Å². The molecule has 0 bridgehead atoms. The first-order valence-electron chi connectivity index (χ1n) is 5.27. The van der Waals surface area contributed by atoms with E-state index in [1.165, 1.54) is 6.33 Å². The Morgan fingerprint density at radius 3 is 2.71 bits per heavy atom. The molecule has 0 aromatic carbocycles. The van der Waals surface area contributed by atoms with Crippen molar-refractivity contribution in [3.8, 4) is 10.6 Å². The van der Waals surface area contributed by atoms with E-state index in [0.717, 1.165) is 27.0 Å². The Morgan fingerprint density at radius 1 is 1.18 bits per heavy atom. The standard InChI is InChI=1S/C11H11N5S/c1-6-4-9(10-7(2)15-8(3)17-10)16-11(14-6)12-5-13-16/h4-5H,1-3H3.